The Morgan fingerprint density at radius 3 is 2.30 bits per heavy atom. The van der Waals surface area contributed by atoms with Crippen molar-refractivity contribution in [1.82, 2.24) is 4.98 Å². The number of pyridine rings is 1. The van der Waals surface area contributed by atoms with Crippen LogP contribution >= 0.6 is 0 Å². The van der Waals surface area contributed by atoms with Crippen LogP contribution in [0, 0.1) is 0 Å². The molecule has 20 heavy (non-hydrogen) atoms. The van der Waals surface area contributed by atoms with Crippen LogP contribution in [0.15, 0.2) is 42.6 Å². The molecule has 0 bridgehead atoms. The van der Waals surface area contributed by atoms with Gasteiger partial charge in [0.2, 0.25) is 0 Å². The monoisotopic (exact) mass is 269 g/mol. The van der Waals surface area contributed by atoms with Crippen LogP contribution in [0.4, 0.5) is 0 Å². The Balaban J connectivity index is 1.71. The minimum absolute atomic E-state index is 0.0194. The van der Waals surface area contributed by atoms with E-state index in [9.17, 15) is 0 Å². The zero-order valence-electron chi connectivity index (χ0n) is 11.5. The number of ether oxygens (including phenoxy) is 1. The van der Waals surface area contributed by atoms with Gasteiger partial charge < -0.3 is 9.84 Å². The minimum Gasteiger partial charge on any atom is -0.490 e. The molecule has 1 aliphatic carbocycles. The molecule has 3 nitrogen and oxygen atoms in total. The van der Waals surface area contributed by atoms with Crippen LogP contribution in [-0.4, -0.2) is 16.2 Å². The fourth-order valence-electron chi connectivity index (χ4n) is 2.61. The van der Waals surface area contributed by atoms with E-state index in [-0.39, 0.29) is 6.61 Å². The van der Waals surface area contributed by atoms with Crippen LogP contribution in [0.5, 0.6) is 5.75 Å². The van der Waals surface area contributed by atoms with Gasteiger partial charge in [-0.2, -0.15) is 0 Å². The maximum atomic E-state index is 8.99. The zero-order chi connectivity index (χ0) is 13.8. The first-order valence-electron chi connectivity index (χ1n) is 7.18. The Morgan fingerprint density at radius 2 is 1.70 bits per heavy atom. The third-order valence-corrected chi connectivity index (χ3v) is 3.78. The molecule has 3 heteroatoms. The fraction of sp³-hybridized carbons (Fsp3) is 0.353. The molecule has 1 N–H and O–H groups in total. The molecule has 0 saturated heterocycles. The molecule has 2 aromatic rings. The normalized spacial score (nSPS) is 15.4. The van der Waals surface area contributed by atoms with E-state index in [4.69, 9.17) is 9.84 Å². The van der Waals surface area contributed by atoms with E-state index in [0.717, 1.165) is 16.9 Å². The third kappa shape index (κ3) is 2.99. The molecule has 0 unspecified atom stereocenters. The number of nitrogens with zero attached hydrogens (tertiary/aromatic N) is 1. The Bertz CT molecular complexity index is 542. The van der Waals surface area contributed by atoms with Crippen molar-refractivity contribution >= 4 is 0 Å². The highest BCUT2D eigenvalue weighted by Crippen LogP contribution is 2.26. The molecule has 0 aliphatic heterocycles. The number of rotatable bonds is 4. The van der Waals surface area contributed by atoms with Gasteiger partial charge >= 0.3 is 0 Å². The summed E-state index contributed by atoms with van der Waals surface area (Å²) in [6.45, 7) is -0.0194. The molecule has 0 radical (unpaired) electrons. The Kier molecular flexibility index (Phi) is 3.97. The van der Waals surface area contributed by atoms with Crippen molar-refractivity contribution < 1.29 is 9.84 Å². The number of benzene rings is 1. The molecule has 1 fully saturated rings. The molecule has 3 rings (SSSR count). The summed E-state index contributed by atoms with van der Waals surface area (Å²) >= 11 is 0. The van der Waals surface area contributed by atoms with Gasteiger partial charge in [-0.05, 0) is 49.4 Å². The predicted molar refractivity (Wildman–Crippen MR) is 78.5 cm³/mol. The largest absolute Gasteiger partial charge is 0.490 e. The van der Waals surface area contributed by atoms with E-state index >= 15 is 0 Å². The second-order valence-electron chi connectivity index (χ2n) is 5.25. The zero-order valence-corrected chi connectivity index (χ0v) is 11.5. The van der Waals surface area contributed by atoms with Gasteiger partial charge in [-0.3, -0.25) is 4.98 Å². The first-order chi connectivity index (χ1) is 9.85. The summed E-state index contributed by atoms with van der Waals surface area (Å²) in [6.07, 6.45) is 7.10. The third-order valence-electron chi connectivity index (χ3n) is 3.78. The molecule has 1 heterocycles. The molecule has 0 amide bonds. The molecule has 1 aliphatic rings. The van der Waals surface area contributed by atoms with Gasteiger partial charge in [0.25, 0.3) is 0 Å². The predicted octanol–water partition coefficient (Wildman–Crippen LogP) is 3.56. The smallest absolute Gasteiger partial charge is 0.119 e. The van der Waals surface area contributed by atoms with Crippen molar-refractivity contribution in [2.75, 3.05) is 0 Å². The van der Waals surface area contributed by atoms with E-state index < -0.39 is 0 Å². The standard InChI is InChI=1S/C17H19NO2/c19-12-15-8-5-14(11-18-15)13-6-9-17(10-7-13)20-16-3-1-2-4-16/h5-11,16,19H,1-4,12H2. The van der Waals surface area contributed by atoms with Gasteiger partial charge in [0, 0.05) is 11.8 Å². The second-order valence-corrected chi connectivity index (χ2v) is 5.25. The first kappa shape index (κ1) is 13.1. The van der Waals surface area contributed by atoms with Gasteiger partial charge in [0.1, 0.15) is 5.75 Å². The van der Waals surface area contributed by atoms with Crippen LogP contribution in [0.2, 0.25) is 0 Å². The summed E-state index contributed by atoms with van der Waals surface area (Å²) < 4.78 is 5.95. The Hall–Kier alpha value is -1.87. The molecule has 0 spiro atoms. The van der Waals surface area contributed by atoms with Crippen molar-refractivity contribution in [3.63, 3.8) is 0 Å². The summed E-state index contributed by atoms with van der Waals surface area (Å²) in [6, 6.07) is 12.0. The van der Waals surface area contributed by atoms with Crippen LogP contribution in [0.3, 0.4) is 0 Å². The Labute approximate surface area is 119 Å². The van der Waals surface area contributed by atoms with Crippen molar-refractivity contribution in [2.45, 2.75) is 38.4 Å². The summed E-state index contributed by atoms with van der Waals surface area (Å²) in [4.78, 5) is 4.20. The minimum atomic E-state index is -0.0194. The first-order valence-corrected chi connectivity index (χ1v) is 7.18. The number of aromatic nitrogens is 1. The summed E-state index contributed by atoms with van der Waals surface area (Å²) in [5.41, 5.74) is 2.85. The van der Waals surface area contributed by atoms with Gasteiger partial charge in [0.05, 0.1) is 18.4 Å². The van der Waals surface area contributed by atoms with Gasteiger partial charge in [-0.15, -0.1) is 0 Å². The number of aliphatic hydroxyl groups is 1. The highest BCUT2D eigenvalue weighted by Gasteiger charge is 2.16. The average Bonchev–Trinajstić information content (AvgIpc) is 3.01. The SMILES string of the molecule is OCc1ccc(-c2ccc(OC3CCCC3)cc2)cn1. The molecular weight excluding hydrogens is 250 g/mol. The molecule has 1 saturated carbocycles. The second kappa shape index (κ2) is 6.06. The maximum absolute atomic E-state index is 8.99. The van der Waals surface area contributed by atoms with E-state index in [1.54, 1.807) is 6.20 Å². The van der Waals surface area contributed by atoms with E-state index in [1.807, 2.05) is 24.3 Å². The van der Waals surface area contributed by atoms with Crippen LogP contribution in [0.25, 0.3) is 11.1 Å². The maximum Gasteiger partial charge on any atom is 0.119 e. The van der Waals surface area contributed by atoms with Crippen LogP contribution in [-0.2, 0) is 6.61 Å². The van der Waals surface area contributed by atoms with E-state index in [1.165, 1.54) is 25.7 Å². The van der Waals surface area contributed by atoms with Crippen molar-refractivity contribution in [3.8, 4) is 16.9 Å². The lowest BCUT2D eigenvalue weighted by atomic mass is 10.1. The van der Waals surface area contributed by atoms with Crippen molar-refractivity contribution in [1.29, 1.82) is 0 Å². The fourth-order valence-corrected chi connectivity index (χ4v) is 2.61. The molecule has 1 aromatic carbocycles. The summed E-state index contributed by atoms with van der Waals surface area (Å²) in [5.74, 6) is 0.945. The highest BCUT2D eigenvalue weighted by atomic mass is 16.5. The van der Waals surface area contributed by atoms with Crippen molar-refractivity contribution in [3.05, 3.63) is 48.3 Å². The van der Waals surface area contributed by atoms with E-state index in [0.29, 0.717) is 11.8 Å². The number of hydrogen-bond donors (Lipinski definition) is 1. The Morgan fingerprint density at radius 1 is 1.00 bits per heavy atom. The highest BCUT2D eigenvalue weighted by molar-refractivity contribution is 5.63. The van der Waals surface area contributed by atoms with Crippen LogP contribution < -0.4 is 4.74 Å². The van der Waals surface area contributed by atoms with Crippen molar-refractivity contribution in [2.24, 2.45) is 0 Å². The van der Waals surface area contributed by atoms with Gasteiger partial charge in [-0.25, -0.2) is 0 Å². The summed E-state index contributed by atoms with van der Waals surface area (Å²) in [7, 11) is 0. The van der Waals surface area contributed by atoms with Gasteiger partial charge in [0.15, 0.2) is 0 Å². The number of aliphatic hydroxyl groups excluding tert-OH is 1. The lowest BCUT2D eigenvalue weighted by Gasteiger charge is -2.13. The average molecular weight is 269 g/mol. The van der Waals surface area contributed by atoms with Crippen LogP contribution in [0.1, 0.15) is 31.4 Å². The van der Waals surface area contributed by atoms with Gasteiger partial charge in [-0.1, -0.05) is 18.2 Å². The molecule has 104 valence electrons. The van der Waals surface area contributed by atoms with E-state index in [2.05, 4.69) is 17.1 Å². The topological polar surface area (TPSA) is 42.4 Å². The summed E-state index contributed by atoms with van der Waals surface area (Å²) in [5, 5.41) is 8.99. The molecule has 1 aromatic heterocycles. The molecule has 0 atom stereocenters. The molecular formula is C17H19NO2. The number of hydrogen-bond acceptors (Lipinski definition) is 3. The lowest BCUT2D eigenvalue weighted by molar-refractivity contribution is 0.210. The lowest BCUT2D eigenvalue weighted by Crippen LogP contribution is -2.10. The quantitative estimate of drug-likeness (QED) is 0.922.